The van der Waals surface area contributed by atoms with Crippen molar-refractivity contribution in [3.8, 4) is 0 Å². The molecule has 0 aliphatic carbocycles. The van der Waals surface area contributed by atoms with Crippen LogP contribution in [0, 0.1) is 12.8 Å². The minimum atomic E-state index is -3.85. The van der Waals surface area contributed by atoms with E-state index in [0.717, 1.165) is 5.56 Å². The van der Waals surface area contributed by atoms with Crippen LogP contribution in [0.1, 0.15) is 66.9 Å². The lowest BCUT2D eigenvalue weighted by Crippen LogP contribution is -2.50. The third-order valence-electron chi connectivity index (χ3n) is 5.03. The summed E-state index contributed by atoms with van der Waals surface area (Å²) in [6.45, 7) is 15.1. The Morgan fingerprint density at radius 1 is 1.19 bits per heavy atom. The molecule has 1 fully saturated rings. The lowest BCUT2D eigenvalue weighted by atomic mass is 9.97. The van der Waals surface area contributed by atoms with Gasteiger partial charge in [0.2, 0.25) is 0 Å². The Hall–Kier alpha value is -1.64. The predicted octanol–water partition coefficient (Wildman–Crippen LogP) is 4.88. The molecule has 0 aromatic heterocycles. The van der Waals surface area contributed by atoms with E-state index in [1.165, 1.54) is 12.1 Å². The van der Waals surface area contributed by atoms with Crippen molar-refractivity contribution in [1.29, 1.82) is 0 Å². The fraction of sp³-hybridized carbons (Fsp3) is 0.696. The van der Waals surface area contributed by atoms with Crippen LogP contribution in [0.4, 0.5) is 4.79 Å². The summed E-state index contributed by atoms with van der Waals surface area (Å²) in [7, 11) is -3.85. The Morgan fingerprint density at radius 2 is 1.77 bits per heavy atom. The Bertz CT molecular complexity index is 855. The molecule has 1 aliphatic heterocycles. The summed E-state index contributed by atoms with van der Waals surface area (Å²) in [5.41, 5.74) is -0.527. The van der Waals surface area contributed by atoms with E-state index in [4.69, 9.17) is 13.7 Å². The van der Waals surface area contributed by atoms with Gasteiger partial charge in [-0.1, -0.05) is 31.5 Å². The van der Waals surface area contributed by atoms with Gasteiger partial charge >= 0.3 is 6.09 Å². The van der Waals surface area contributed by atoms with Crippen LogP contribution < -0.4 is 0 Å². The quantitative estimate of drug-likeness (QED) is 0.545. The summed E-state index contributed by atoms with van der Waals surface area (Å²) in [4.78, 5) is 14.7. The SMILES string of the molecule is Cc1ccc(S(=O)(=O)OCC[C@@H]2OC(C)(C)N(C(=O)OC(C)(C)C)[C@H]2CC(C)C)cc1. The molecule has 1 aromatic rings. The third kappa shape index (κ3) is 6.92. The Kier molecular flexibility index (Phi) is 7.82. The topological polar surface area (TPSA) is 82.1 Å². The second-order valence-electron chi connectivity index (χ2n) is 10.0. The molecule has 176 valence electrons. The normalized spacial score (nSPS) is 21.5. The van der Waals surface area contributed by atoms with Crippen LogP contribution in [0.25, 0.3) is 0 Å². The highest BCUT2D eigenvalue weighted by atomic mass is 32.2. The van der Waals surface area contributed by atoms with E-state index in [1.54, 1.807) is 17.0 Å². The summed E-state index contributed by atoms with van der Waals surface area (Å²) >= 11 is 0. The Labute approximate surface area is 187 Å². The predicted molar refractivity (Wildman–Crippen MR) is 119 cm³/mol. The number of benzene rings is 1. The summed E-state index contributed by atoms with van der Waals surface area (Å²) in [6.07, 6.45) is 0.250. The summed E-state index contributed by atoms with van der Waals surface area (Å²) in [6, 6.07) is 6.29. The molecule has 1 aliphatic rings. The summed E-state index contributed by atoms with van der Waals surface area (Å²) in [5.74, 6) is 0.312. The lowest BCUT2D eigenvalue weighted by molar-refractivity contribution is -0.0810. The molecule has 2 rings (SSSR count). The van der Waals surface area contributed by atoms with E-state index < -0.39 is 27.5 Å². The zero-order chi connectivity index (χ0) is 23.6. The first-order valence-corrected chi connectivity index (χ1v) is 12.2. The minimum absolute atomic E-state index is 0.0340. The van der Waals surface area contributed by atoms with E-state index in [1.807, 2.05) is 41.5 Å². The van der Waals surface area contributed by atoms with Gasteiger partial charge in [-0.15, -0.1) is 0 Å². The van der Waals surface area contributed by atoms with Crippen molar-refractivity contribution in [2.24, 2.45) is 5.92 Å². The first-order valence-electron chi connectivity index (χ1n) is 10.8. The van der Waals surface area contributed by atoms with E-state index >= 15 is 0 Å². The highest BCUT2D eigenvalue weighted by Crippen LogP contribution is 2.38. The number of carbonyl (C=O) groups is 1. The molecule has 31 heavy (non-hydrogen) atoms. The van der Waals surface area contributed by atoms with Crippen LogP contribution in [0.15, 0.2) is 29.2 Å². The maximum atomic E-state index is 13.0. The van der Waals surface area contributed by atoms with Crippen molar-refractivity contribution in [3.05, 3.63) is 29.8 Å². The Morgan fingerprint density at radius 3 is 2.29 bits per heavy atom. The highest BCUT2D eigenvalue weighted by molar-refractivity contribution is 7.86. The molecular weight excluding hydrogens is 418 g/mol. The van der Waals surface area contributed by atoms with Crippen molar-refractivity contribution >= 4 is 16.2 Å². The maximum Gasteiger partial charge on any atom is 0.412 e. The Balaban J connectivity index is 2.13. The number of carbonyl (C=O) groups excluding carboxylic acids is 1. The smallest absolute Gasteiger partial charge is 0.412 e. The molecule has 0 N–H and O–H groups in total. The zero-order valence-electron chi connectivity index (χ0n) is 20.0. The van der Waals surface area contributed by atoms with Gasteiger partial charge in [-0.2, -0.15) is 8.42 Å². The average Bonchev–Trinajstić information content (AvgIpc) is 2.82. The van der Waals surface area contributed by atoms with Gasteiger partial charge in [-0.05, 0) is 66.0 Å². The number of amides is 1. The number of rotatable bonds is 7. The van der Waals surface area contributed by atoms with Crippen LogP contribution in [-0.4, -0.2) is 49.5 Å². The van der Waals surface area contributed by atoms with Gasteiger partial charge in [0.15, 0.2) is 0 Å². The molecule has 0 spiro atoms. The molecule has 8 heteroatoms. The number of aryl methyl sites for hydroxylation is 1. The van der Waals surface area contributed by atoms with Crippen molar-refractivity contribution in [2.45, 2.75) is 96.6 Å². The zero-order valence-corrected chi connectivity index (χ0v) is 20.8. The molecule has 1 aromatic carbocycles. The molecule has 2 atom stereocenters. The van der Waals surface area contributed by atoms with Gasteiger partial charge < -0.3 is 9.47 Å². The second kappa shape index (κ2) is 9.46. The van der Waals surface area contributed by atoms with Crippen molar-refractivity contribution in [1.82, 2.24) is 4.90 Å². The van der Waals surface area contributed by atoms with Crippen LogP contribution in [0.3, 0.4) is 0 Å². The highest BCUT2D eigenvalue weighted by Gasteiger charge is 2.51. The third-order valence-corrected chi connectivity index (χ3v) is 6.36. The largest absolute Gasteiger partial charge is 0.444 e. The van der Waals surface area contributed by atoms with E-state index in [0.29, 0.717) is 18.8 Å². The van der Waals surface area contributed by atoms with Crippen LogP contribution in [0.2, 0.25) is 0 Å². The van der Waals surface area contributed by atoms with Crippen molar-refractivity contribution < 1.29 is 26.9 Å². The molecule has 7 nitrogen and oxygen atoms in total. The van der Waals surface area contributed by atoms with E-state index in [9.17, 15) is 13.2 Å². The molecule has 0 radical (unpaired) electrons. The molecule has 1 amide bonds. The van der Waals surface area contributed by atoms with E-state index in [-0.39, 0.29) is 23.6 Å². The number of nitrogens with zero attached hydrogens (tertiary/aromatic N) is 1. The van der Waals surface area contributed by atoms with Crippen molar-refractivity contribution in [3.63, 3.8) is 0 Å². The fourth-order valence-electron chi connectivity index (χ4n) is 3.78. The summed E-state index contributed by atoms with van der Waals surface area (Å²) < 4.78 is 42.1. The molecule has 0 bridgehead atoms. The first-order chi connectivity index (χ1) is 14.1. The minimum Gasteiger partial charge on any atom is -0.444 e. The van der Waals surface area contributed by atoms with Crippen LogP contribution >= 0.6 is 0 Å². The van der Waals surface area contributed by atoms with Gasteiger partial charge in [0.1, 0.15) is 11.3 Å². The van der Waals surface area contributed by atoms with Gasteiger partial charge in [-0.3, -0.25) is 9.08 Å². The molecule has 0 saturated carbocycles. The fourth-order valence-corrected chi connectivity index (χ4v) is 4.70. The lowest BCUT2D eigenvalue weighted by Gasteiger charge is -2.35. The molecule has 1 saturated heterocycles. The van der Waals surface area contributed by atoms with Crippen molar-refractivity contribution in [2.75, 3.05) is 6.61 Å². The van der Waals surface area contributed by atoms with Crippen LogP contribution in [-0.2, 0) is 23.8 Å². The molecule has 1 heterocycles. The number of hydrogen-bond donors (Lipinski definition) is 0. The standard InChI is InChI=1S/C23H37NO6S/c1-16(2)15-19-20(29-23(7,8)24(19)21(25)30-22(4,5)6)13-14-28-31(26,27)18-11-9-17(3)10-12-18/h9-12,16,19-20H,13-15H2,1-8H3/t19-,20-/m0/s1. The number of hydrogen-bond acceptors (Lipinski definition) is 6. The second-order valence-corrected chi connectivity index (χ2v) is 11.6. The average molecular weight is 456 g/mol. The monoisotopic (exact) mass is 455 g/mol. The van der Waals surface area contributed by atoms with Gasteiger partial charge in [-0.25, -0.2) is 4.79 Å². The summed E-state index contributed by atoms with van der Waals surface area (Å²) in [5, 5.41) is 0. The maximum absolute atomic E-state index is 13.0. The number of ether oxygens (including phenoxy) is 2. The van der Waals surface area contributed by atoms with E-state index in [2.05, 4.69) is 13.8 Å². The molecule has 0 unspecified atom stereocenters. The van der Waals surface area contributed by atoms with Crippen LogP contribution in [0.5, 0.6) is 0 Å². The van der Waals surface area contributed by atoms with Gasteiger partial charge in [0.05, 0.1) is 23.6 Å². The van der Waals surface area contributed by atoms with Gasteiger partial charge in [0, 0.05) is 6.42 Å². The van der Waals surface area contributed by atoms with Gasteiger partial charge in [0.25, 0.3) is 10.1 Å². The molecular formula is C23H37NO6S. The first kappa shape index (κ1) is 25.6.